The van der Waals surface area contributed by atoms with Gasteiger partial charge in [0.15, 0.2) is 0 Å². The second kappa shape index (κ2) is 6.33. The first-order valence-electron chi connectivity index (χ1n) is 7.00. The molecule has 0 radical (unpaired) electrons. The summed E-state index contributed by atoms with van der Waals surface area (Å²) in [5.74, 6) is 0.207. The quantitative estimate of drug-likeness (QED) is 0.879. The fourth-order valence-corrected chi connectivity index (χ4v) is 4.94. The second-order valence-corrected chi connectivity index (χ2v) is 8.13. The molecule has 1 atom stereocenters. The maximum atomic E-state index is 11.9. The van der Waals surface area contributed by atoms with Gasteiger partial charge in [-0.05, 0) is 39.0 Å². The molecule has 1 aliphatic rings. The van der Waals surface area contributed by atoms with E-state index in [2.05, 4.69) is 9.71 Å². The van der Waals surface area contributed by atoms with E-state index < -0.39 is 10.0 Å². The molecule has 0 bridgehead atoms. The van der Waals surface area contributed by atoms with E-state index in [0.29, 0.717) is 6.42 Å². The number of thiazole rings is 1. The highest BCUT2D eigenvalue weighted by Crippen LogP contribution is 2.29. The lowest BCUT2D eigenvalue weighted by Crippen LogP contribution is -2.29. The Hall–Kier alpha value is -0.460. The highest BCUT2D eigenvalue weighted by molar-refractivity contribution is 7.89. The van der Waals surface area contributed by atoms with Crippen LogP contribution in [-0.4, -0.2) is 19.2 Å². The Kier molecular flexibility index (Phi) is 4.97. The number of fused-ring (bicyclic) bond motifs is 1. The second-order valence-electron chi connectivity index (χ2n) is 5.14. The van der Waals surface area contributed by atoms with Crippen molar-refractivity contribution in [2.45, 2.75) is 58.4 Å². The Morgan fingerprint density at radius 2 is 2.11 bits per heavy atom. The minimum absolute atomic E-state index is 0.207. The van der Waals surface area contributed by atoms with Gasteiger partial charge in [0.1, 0.15) is 5.01 Å². The molecule has 108 valence electrons. The standard InChI is InChI=1S/C13H22N2O2S2/c1-3-4-9-19(16,17)15-10(2)13-14-11-7-5-6-8-12(11)18-13/h10,15H,3-9H2,1-2H3. The topological polar surface area (TPSA) is 59.1 Å². The molecule has 0 aromatic carbocycles. The summed E-state index contributed by atoms with van der Waals surface area (Å²) in [6, 6.07) is -0.211. The third kappa shape index (κ3) is 4.00. The maximum Gasteiger partial charge on any atom is 0.212 e. The molecule has 0 amide bonds. The molecule has 19 heavy (non-hydrogen) atoms. The van der Waals surface area contributed by atoms with Crippen LogP contribution in [0.1, 0.15) is 61.2 Å². The van der Waals surface area contributed by atoms with Crippen molar-refractivity contribution >= 4 is 21.4 Å². The summed E-state index contributed by atoms with van der Waals surface area (Å²) in [7, 11) is -3.18. The van der Waals surface area contributed by atoms with Crippen molar-refractivity contribution in [3.63, 3.8) is 0 Å². The van der Waals surface area contributed by atoms with Gasteiger partial charge in [0.2, 0.25) is 10.0 Å². The van der Waals surface area contributed by atoms with Crippen LogP contribution in [-0.2, 0) is 22.9 Å². The van der Waals surface area contributed by atoms with Gasteiger partial charge in [-0.1, -0.05) is 13.3 Å². The van der Waals surface area contributed by atoms with Crippen molar-refractivity contribution in [2.24, 2.45) is 0 Å². The Labute approximate surface area is 119 Å². The molecule has 0 saturated carbocycles. The average molecular weight is 302 g/mol. The monoisotopic (exact) mass is 302 g/mol. The van der Waals surface area contributed by atoms with E-state index in [0.717, 1.165) is 24.3 Å². The van der Waals surface area contributed by atoms with Crippen molar-refractivity contribution in [1.29, 1.82) is 0 Å². The van der Waals surface area contributed by atoms with E-state index in [1.807, 2.05) is 13.8 Å². The Balaban J connectivity index is 2.03. The summed E-state index contributed by atoms with van der Waals surface area (Å²) < 4.78 is 26.5. The van der Waals surface area contributed by atoms with Gasteiger partial charge < -0.3 is 0 Å². The van der Waals surface area contributed by atoms with Gasteiger partial charge >= 0.3 is 0 Å². The molecule has 1 aromatic rings. The molecule has 4 nitrogen and oxygen atoms in total. The van der Waals surface area contributed by atoms with E-state index in [-0.39, 0.29) is 11.8 Å². The maximum absolute atomic E-state index is 11.9. The molecule has 2 rings (SSSR count). The van der Waals surface area contributed by atoms with Crippen LogP contribution < -0.4 is 4.72 Å². The molecule has 1 unspecified atom stereocenters. The molecule has 1 aliphatic carbocycles. The molecule has 1 aromatic heterocycles. The minimum atomic E-state index is -3.18. The molecule has 0 spiro atoms. The number of aromatic nitrogens is 1. The lowest BCUT2D eigenvalue weighted by molar-refractivity contribution is 0.562. The van der Waals surface area contributed by atoms with Gasteiger partial charge in [-0.25, -0.2) is 18.1 Å². The normalized spacial score (nSPS) is 17.2. The third-order valence-electron chi connectivity index (χ3n) is 3.36. The van der Waals surface area contributed by atoms with Gasteiger partial charge in [0.05, 0.1) is 17.5 Å². The zero-order valence-electron chi connectivity index (χ0n) is 11.6. The summed E-state index contributed by atoms with van der Waals surface area (Å²) in [6.07, 6.45) is 6.17. The van der Waals surface area contributed by atoms with Crippen molar-refractivity contribution in [3.8, 4) is 0 Å². The van der Waals surface area contributed by atoms with E-state index in [1.165, 1.54) is 23.4 Å². The summed E-state index contributed by atoms with van der Waals surface area (Å²) in [5, 5.41) is 0.909. The Morgan fingerprint density at radius 3 is 2.79 bits per heavy atom. The number of hydrogen-bond acceptors (Lipinski definition) is 4. The van der Waals surface area contributed by atoms with Gasteiger partial charge in [-0.15, -0.1) is 11.3 Å². The molecule has 0 saturated heterocycles. The van der Waals surface area contributed by atoms with Crippen LogP contribution in [0.25, 0.3) is 0 Å². The van der Waals surface area contributed by atoms with Gasteiger partial charge in [-0.2, -0.15) is 0 Å². The van der Waals surface area contributed by atoms with Crippen LogP contribution in [0.4, 0.5) is 0 Å². The van der Waals surface area contributed by atoms with Gasteiger partial charge in [0, 0.05) is 4.88 Å². The van der Waals surface area contributed by atoms with Crippen LogP contribution in [0.3, 0.4) is 0 Å². The summed E-state index contributed by atoms with van der Waals surface area (Å²) in [6.45, 7) is 3.88. The Bertz CT molecular complexity index is 499. The van der Waals surface area contributed by atoms with E-state index in [9.17, 15) is 8.42 Å². The van der Waals surface area contributed by atoms with Crippen molar-refractivity contribution in [1.82, 2.24) is 9.71 Å². The number of sulfonamides is 1. The van der Waals surface area contributed by atoms with Crippen LogP contribution >= 0.6 is 11.3 Å². The number of hydrogen-bond donors (Lipinski definition) is 1. The van der Waals surface area contributed by atoms with Gasteiger partial charge in [-0.3, -0.25) is 0 Å². The predicted octanol–water partition coefficient (Wildman–Crippen LogP) is 2.80. The smallest absolute Gasteiger partial charge is 0.212 e. The predicted molar refractivity (Wildman–Crippen MR) is 79.0 cm³/mol. The SMILES string of the molecule is CCCCS(=O)(=O)NC(C)c1nc2c(s1)CCCC2. The molecular weight excluding hydrogens is 280 g/mol. The van der Waals surface area contributed by atoms with Crippen LogP contribution in [0.2, 0.25) is 0 Å². The summed E-state index contributed by atoms with van der Waals surface area (Å²) in [5.41, 5.74) is 1.19. The lowest BCUT2D eigenvalue weighted by atomic mass is 10.0. The number of nitrogens with zero attached hydrogens (tertiary/aromatic N) is 1. The van der Waals surface area contributed by atoms with Crippen LogP contribution in [0.5, 0.6) is 0 Å². The van der Waals surface area contributed by atoms with Crippen LogP contribution in [0, 0.1) is 0 Å². The highest BCUT2D eigenvalue weighted by atomic mass is 32.2. The van der Waals surface area contributed by atoms with Crippen molar-refractivity contribution in [2.75, 3.05) is 5.75 Å². The first kappa shape index (κ1) is 14.9. The third-order valence-corrected chi connectivity index (χ3v) is 6.23. The number of unbranched alkanes of at least 4 members (excludes halogenated alkanes) is 1. The Morgan fingerprint density at radius 1 is 1.37 bits per heavy atom. The van der Waals surface area contributed by atoms with Crippen molar-refractivity contribution < 1.29 is 8.42 Å². The van der Waals surface area contributed by atoms with Gasteiger partial charge in [0.25, 0.3) is 0 Å². The fourth-order valence-electron chi connectivity index (χ4n) is 2.27. The number of nitrogens with one attached hydrogen (secondary N) is 1. The number of aryl methyl sites for hydroxylation is 2. The highest BCUT2D eigenvalue weighted by Gasteiger charge is 2.21. The first-order chi connectivity index (χ1) is 9.02. The minimum Gasteiger partial charge on any atom is -0.244 e. The molecule has 1 N–H and O–H groups in total. The van der Waals surface area contributed by atoms with Crippen molar-refractivity contribution in [3.05, 3.63) is 15.6 Å². The molecule has 1 heterocycles. The molecule has 6 heteroatoms. The zero-order valence-corrected chi connectivity index (χ0v) is 13.2. The van der Waals surface area contributed by atoms with E-state index in [4.69, 9.17) is 0 Å². The molecular formula is C13H22N2O2S2. The van der Waals surface area contributed by atoms with E-state index in [1.54, 1.807) is 11.3 Å². The molecule has 0 fully saturated rings. The molecule has 0 aliphatic heterocycles. The summed E-state index contributed by atoms with van der Waals surface area (Å²) >= 11 is 1.67. The zero-order chi connectivity index (χ0) is 13.9. The average Bonchev–Trinajstić information content (AvgIpc) is 2.80. The summed E-state index contributed by atoms with van der Waals surface area (Å²) in [4.78, 5) is 5.95. The van der Waals surface area contributed by atoms with Crippen LogP contribution in [0.15, 0.2) is 0 Å². The van der Waals surface area contributed by atoms with E-state index >= 15 is 0 Å². The fraction of sp³-hybridized carbons (Fsp3) is 0.769. The largest absolute Gasteiger partial charge is 0.244 e. The first-order valence-corrected chi connectivity index (χ1v) is 9.47. The lowest BCUT2D eigenvalue weighted by Gasteiger charge is -2.11. The number of rotatable bonds is 6.